The van der Waals surface area contributed by atoms with Gasteiger partial charge in [-0.05, 0) is 90.8 Å². The van der Waals surface area contributed by atoms with Gasteiger partial charge in [0.15, 0.2) is 0 Å². The van der Waals surface area contributed by atoms with Crippen molar-refractivity contribution in [1.29, 1.82) is 0 Å². The van der Waals surface area contributed by atoms with Crippen LogP contribution >= 0.6 is 0 Å². The van der Waals surface area contributed by atoms with Crippen LogP contribution in [0.1, 0.15) is 80.1 Å². The third-order valence-corrected chi connectivity index (χ3v) is 11.8. The van der Waals surface area contributed by atoms with Crippen LogP contribution in [0.5, 0.6) is 0 Å². The first kappa shape index (κ1) is 27.3. The van der Waals surface area contributed by atoms with Gasteiger partial charge in [0.05, 0.1) is 36.9 Å². The Morgan fingerprint density at radius 2 is 1.66 bits per heavy atom. The van der Waals surface area contributed by atoms with Gasteiger partial charge in [-0.3, -0.25) is 4.79 Å². The molecular formula is C29H50O6. The zero-order chi connectivity index (χ0) is 25.9. The smallest absolute Gasteiger partial charge is 0.309 e. The second-order valence-corrected chi connectivity index (χ2v) is 13.5. The first-order valence-electron chi connectivity index (χ1n) is 14.1. The van der Waals surface area contributed by atoms with Gasteiger partial charge >= 0.3 is 5.97 Å². The lowest BCUT2D eigenvalue weighted by Gasteiger charge is -2.56. The molecule has 4 aliphatic rings. The Balaban J connectivity index is 1.57. The van der Waals surface area contributed by atoms with Gasteiger partial charge in [-0.1, -0.05) is 41.5 Å². The zero-order valence-electron chi connectivity index (χ0n) is 22.9. The fourth-order valence-corrected chi connectivity index (χ4v) is 9.19. The summed E-state index contributed by atoms with van der Waals surface area (Å²) in [6.45, 7) is 13.4. The highest BCUT2D eigenvalue weighted by Gasteiger charge is 2.63. The Morgan fingerprint density at radius 1 is 1.00 bits per heavy atom. The molecule has 0 amide bonds. The monoisotopic (exact) mass is 494 g/mol. The van der Waals surface area contributed by atoms with Crippen molar-refractivity contribution in [2.45, 2.75) is 104 Å². The predicted molar refractivity (Wildman–Crippen MR) is 134 cm³/mol. The number of hydrogen-bond acceptors (Lipinski definition) is 6. The van der Waals surface area contributed by atoms with Gasteiger partial charge in [-0.25, -0.2) is 0 Å². The van der Waals surface area contributed by atoms with Crippen molar-refractivity contribution in [3.63, 3.8) is 0 Å². The maximum absolute atomic E-state index is 13.2. The van der Waals surface area contributed by atoms with E-state index in [2.05, 4.69) is 34.6 Å². The number of rotatable bonds is 6. The zero-order valence-corrected chi connectivity index (χ0v) is 22.9. The van der Waals surface area contributed by atoms with Gasteiger partial charge in [0.1, 0.15) is 0 Å². The average molecular weight is 495 g/mol. The summed E-state index contributed by atoms with van der Waals surface area (Å²) in [6, 6.07) is 0. The normalized spacial score (nSPS) is 47.1. The van der Waals surface area contributed by atoms with Crippen molar-refractivity contribution in [3.05, 3.63) is 0 Å². The van der Waals surface area contributed by atoms with Crippen LogP contribution in [0.2, 0.25) is 0 Å². The SMILES string of the molecule is CO[C@H]1C[C@@H]2C(=O)OC[C@@H]3[C@H](CC[C@]4(C)[C@@H]([C@H](C)[C@@H](O)[C@H](O)[C@@H](C)C(C)C)CC[C@@H]34)[C@@]2(C)C[C@H]1O. The standard InChI is InChI=1S/C29H50O6/c1-15(2)16(3)25(31)26(32)17(4)19-8-9-20-18-14-35-27(33)22-12-24(34-7)23(30)13-29(22,6)21(18)10-11-28(19,20)5/h15-26,30-32H,8-14H2,1-7H3/t16-,17-,18-,19+,20-,21-,22+,23+,24-,25+,26+,28+,29+/m0/s1. The van der Waals surface area contributed by atoms with E-state index in [0.29, 0.717) is 43.1 Å². The van der Waals surface area contributed by atoms with Crippen LogP contribution in [0.25, 0.3) is 0 Å². The summed E-state index contributed by atoms with van der Waals surface area (Å²) >= 11 is 0. The molecule has 3 aliphatic carbocycles. The second kappa shape index (κ2) is 9.89. The lowest BCUT2D eigenvalue weighted by atomic mass is 9.48. The third-order valence-electron chi connectivity index (χ3n) is 11.8. The topological polar surface area (TPSA) is 96.2 Å². The predicted octanol–water partition coefficient (Wildman–Crippen LogP) is 4.04. The molecule has 3 N–H and O–H groups in total. The molecule has 0 bridgehead atoms. The molecule has 4 rings (SSSR count). The van der Waals surface area contributed by atoms with E-state index in [0.717, 1.165) is 25.7 Å². The van der Waals surface area contributed by atoms with Crippen LogP contribution in [0.15, 0.2) is 0 Å². The molecule has 4 fully saturated rings. The molecular weight excluding hydrogens is 444 g/mol. The Kier molecular flexibility index (Phi) is 7.72. The van der Waals surface area contributed by atoms with Crippen LogP contribution < -0.4 is 0 Å². The van der Waals surface area contributed by atoms with E-state index < -0.39 is 18.3 Å². The summed E-state index contributed by atoms with van der Waals surface area (Å²) in [5.41, 5.74) is -0.243. The van der Waals surface area contributed by atoms with Crippen molar-refractivity contribution >= 4 is 5.97 Å². The van der Waals surface area contributed by atoms with Gasteiger partial charge in [-0.2, -0.15) is 0 Å². The number of ether oxygens (including phenoxy) is 2. The highest BCUT2D eigenvalue weighted by molar-refractivity contribution is 5.74. The van der Waals surface area contributed by atoms with Crippen molar-refractivity contribution in [2.24, 2.45) is 58.2 Å². The highest BCUT2D eigenvalue weighted by Crippen LogP contribution is 2.66. The molecule has 0 aromatic heterocycles. The minimum atomic E-state index is -0.737. The Hall–Kier alpha value is -0.690. The molecule has 35 heavy (non-hydrogen) atoms. The number of aliphatic hydroxyl groups excluding tert-OH is 3. The molecule has 0 unspecified atom stereocenters. The highest BCUT2D eigenvalue weighted by atomic mass is 16.5. The Bertz CT molecular complexity index is 770. The van der Waals surface area contributed by atoms with Crippen molar-refractivity contribution in [2.75, 3.05) is 13.7 Å². The van der Waals surface area contributed by atoms with E-state index >= 15 is 0 Å². The molecule has 0 aromatic rings. The average Bonchev–Trinajstić information content (AvgIpc) is 3.12. The lowest BCUT2D eigenvalue weighted by Crippen LogP contribution is -2.55. The minimum Gasteiger partial charge on any atom is -0.465 e. The second-order valence-electron chi connectivity index (χ2n) is 13.5. The number of carbonyl (C=O) groups excluding carboxylic acids is 1. The Labute approximate surface area is 212 Å². The van der Waals surface area contributed by atoms with Crippen molar-refractivity contribution in [3.8, 4) is 0 Å². The first-order chi connectivity index (χ1) is 16.4. The third kappa shape index (κ3) is 4.38. The van der Waals surface area contributed by atoms with Crippen LogP contribution in [0.4, 0.5) is 0 Å². The van der Waals surface area contributed by atoms with Crippen LogP contribution in [-0.2, 0) is 14.3 Å². The number of aliphatic hydroxyl groups is 3. The van der Waals surface area contributed by atoms with Crippen molar-refractivity contribution < 1.29 is 29.6 Å². The van der Waals surface area contributed by atoms with Gasteiger partial charge in [-0.15, -0.1) is 0 Å². The quantitative estimate of drug-likeness (QED) is 0.482. The number of hydrogen-bond donors (Lipinski definition) is 3. The van der Waals surface area contributed by atoms with Crippen LogP contribution in [0.3, 0.4) is 0 Å². The maximum atomic E-state index is 13.2. The van der Waals surface area contributed by atoms with Gasteiger partial charge in [0, 0.05) is 7.11 Å². The van der Waals surface area contributed by atoms with E-state index in [1.807, 2.05) is 6.92 Å². The molecule has 0 aromatic carbocycles. The maximum Gasteiger partial charge on any atom is 0.309 e. The van der Waals surface area contributed by atoms with Gasteiger partial charge < -0.3 is 24.8 Å². The molecule has 0 radical (unpaired) electrons. The summed E-state index contributed by atoms with van der Waals surface area (Å²) in [7, 11) is 1.61. The summed E-state index contributed by atoms with van der Waals surface area (Å²) in [6.07, 6.45) is 2.93. The fourth-order valence-electron chi connectivity index (χ4n) is 9.19. The van der Waals surface area contributed by atoms with Gasteiger partial charge in [0.25, 0.3) is 0 Å². The molecule has 13 atom stereocenters. The molecule has 0 spiro atoms. The molecule has 6 heteroatoms. The number of methoxy groups -OCH3 is 1. The van der Waals surface area contributed by atoms with Crippen LogP contribution in [0, 0.1) is 58.2 Å². The first-order valence-corrected chi connectivity index (χ1v) is 14.1. The fraction of sp³-hybridized carbons (Fsp3) is 0.966. The lowest BCUT2D eigenvalue weighted by molar-refractivity contribution is -0.164. The summed E-state index contributed by atoms with van der Waals surface area (Å²) < 4.78 is 11.5. The van der Waals surface area contributed by atoms with E-state index in [1.165, 1.54) is 0 Å². The van der Waals surface area contributed by atoms with E-state index in [1.54, 1.807) is 7.11 Å². The molecule has 1 saturated heterocycles. The number of cyclic esters (lactones) is 1. The molecule has 1 aliphatic heterocycles. The van der Waals surface area contributed by atoms with Crippen LogP contribution in [-0.4, -0.2) is 59.4 Å². The van der Waals surface area contributed by atoms with E-state index in [9.17, 15) is 20.1 Å². The largest absolute Gasteiger partial charge is 0.465 e. The van der Waals surface area contributed by atoms with Gasteiger partial charge in [0.2, 0.25) is 0 Å². The Morgan fingerprint density at radius 3 is 2.29 bits per heavy atom. The summed E-state index contributed by atoms with van der Waals surface area (Å²) in [5, 5.41) is 33.0. The summed E-state index contributed by atoms with van der Waals surface area (Å²) in [5.74, 6) is 1.35. The molecule has 1 heterocycles. The van der Waals surface area contributed by atoms with E-state index in [-0.39, 0.29) is 46.6 Å². The van der Waals surface area contributed by atoms with E-state index in [4.69, 9.17) is 9.47 Å². The molecule has 202 valence electrons. The minimum absolute atomic E-state index is 0.00776. The molecule has 6 nitrogen and oxygen atoms in total. The number of fused-ring (bicyclic) bond motifs is 5. The number of esters is 1. The molecule has 3 saturated carbocycles. The van der Waals surface area contributed by atoms with Crippen molar-refractivity contribution in [1.82, 2.24) is 0 Å². The summed E-state index contributed by atoms with van der Waals surface area (Å²) in [4.78, 5) is 13.2. The number of carbonyl (C=O) groups is 1.